The van der Waals surface area contributed by atoms with Gasteiger partial charge in [-0.05, 0) is 26.0 Å². The minimum atomic E-state index is -0.670. The molecule has 2 rings (SSSR count). The van der Waals surface area contributed by atoms with Crippen molar-refractivity contribution in [3.8, 4) is 0 Å². The normalized spacial score (nSPS) is 18.6. The maximum absolute atomic E-state index is 11.6. The monoisotopic (exact) mass is 304 g/mol. The molecular formula is C10H16N4OS3. The van der Waals surface area contributed by atoms with Crippen LogP contribution in [0.4, 0.5) is 0 Å². The zero-order valence-electron chi connectivity index (χ0n) is 10.3. The minimum absolute atomic E-state index is 0.309. The van der Waals surface area contributed by atoms with E-state index < -0.39 is 5.54 Å². The number of nitrogens with zero attached hydrogens (tertiary/aromatic N) is 2. The molecule has 1 fully saturated rings. The number of nitrogens with one attached hydrogen (secondary N) is 1. The van der Waals surface area contributed by atoms with E-state index in [1.54, 1.807) is 23.1 Å². The van der Waals surface area contributed by atoms with E-state index >= 15 is 0 Å². The van der Waals surface area contributed by atoms with E-state index in [-0.39, 0.29) is 5.91 Å². The Morgan fingerprint density at radius 3 is 2.72 bits per heavy atom. The molecule has 1 aliphatic rings. The smallest absolute Gasteiger partial charge is 0.238 e. The first-order valence-corrected chi connectivity index (χ1v) is 8.64. The van der Waals surface area contributed by atoms with E-state index in [4.69, 9.17) is 5.73 Å². The van der Waals surface area contributed by atoms with Crippen LogP contribution in [0.5, 0.6) is 0 Å². The van der Waals surface area contributed by atoms with Gasteiger partial charge in [-0.25, -0.2) is 0 Å². The van der Waals surface area contributed by atoms with Gasteiger partial charge in [0.1, 0.15) is 5.54 Å². The van der Waals surface area contributed by atoms with Gasteiger partial charge >= 0.3 is 0 Å². The van der Waals surface area contributed by atoms with Gasteiger partial charge in [0.15, 0.2) is 8.68 Å². The largest absolute Gasteiger partial charge is 0.368 e. The molecule has 1 amide bonds. The molecule has 1 heterocycles. The summed E-state index contributed by atoms with van der Waals surface area (Å²) in [6, 6.07) is 0.444. The van der Waals surface area contributed by atoms with Gasteiger partial charge in [0, 0.05) is 11.8 Å². The highest BCUT2D eigenvalue weighted by Crippen LogP contribution is 2.31. The molecule has 8 heteroatoms. The third kappa shape index (κ3) is 3.59. The van der Waals surface area contributed by atoms with Gasteiger partial charge in [0.05, 0.1) is 0 Å². The van der Waals surface area contributed by atoms with E-state index in [1.807, 2.05) is 13.2 Å². The van der Waals surface area contributed by atoms with E-state index in [0.29, 0.717) is 11.8 Å². The molecule has 100 valence electrons. The van der Waals surface area contributed by atoms with Crippen molar-refractivity contribution in [2.75, 3.05) is 12.0 Å². The number of carbonyl (C=O) groups is 1. The number of thioether (sulfide) groups is 2. The molecule has 0 bridgehead atoms. The molecular weight excluding hydrogens is 288 g/mol. The quantitative estimate of drug-likeness (QED) is 0.740. The fourth-order valence-electron chi connectivity index (χ4n) is 1.41. The molecule has 1 aliphatic carbocycles. The molecule has 1 atom stereocenters. The maximum atomic E-state index is 11.6. The molecule has 0 saturated heterocycles. The number of amides is 1. The molecule has 18 heavy (non-hydrogen) atoms. The fraction of sp³-hybridized carbons (Fsp3) is 0.700. The zero-order chi connectivity index (χ0) is 13.2. The number of carbonyl (C=O) groups excluding carboxylic acids is 1. The van der Waals surface area contributed by atoms with Gasteiger partial charge in [-0.2, -0.15) is 0 Å². The third-order valence-corrected chi connectivity index (χ3v) is 6.04. The van der Waals surface area contributed by atoms with Gasteiger partial charge in [-0.3, -0.25) is 4.79 Å². The average molecular weight is 304 g/mol. The lowest BCUT2D eigenvalue weighted by Gasteiger charge is -2.26. The van der Waals surface area contributed by atoms with Crippen LogP contribution < -0.4 is 11.1 Å². The van der Waals surface area contributed by atoms with Gasteiger partial charge < -0.3 is 11.1 Å². The van der Waals surface area contributed by atoms with Crippen LogP contribution in [0, 0.1) is 0 Å². The lowest BCUT2D eigenvalue weighted by Crippen LogP contribution is -2.55. The predicted molar refractivity (Wildman–Crippen MR) is 76.2 cm³/mol. The van der Waals surface area contributed by atoms with E-state index in [9.17, 15) is 4.79 Å². The first-order valence-electron chi connectivity index (χ1n) is 5.61. The Labute approximate surface area is 119 Å². The Bertz CT molecular complexity index is 435. The molecule has 1 saturated carbocycles. The van der Waals surface area contributed by atoms with Crippen LogP contribution in [0.2, 0.25) is 0 Å². The fourth-order valence-corrected chi connectivity index (χ4v) is 3.96. The molecule has 0 aliphatic heterocycles. The molecule has 0 radical (unpaired) electrons. The van der Waals surface area contributed by atoms with Gasteiger partial charge in [-0.15, -0.1) is 10.2 Å². The van der Waals surface area contributed by atoms with E-state index in [2.05, 4.69) is 15.5 Å². The van der Waals surface area contributed by atoms with E-state index in [0.717, 1.165) is 21.5 Å². The van der Waals surface area contributed by atoms with Crippen LogP contribution in [0.25, 0.3) is 0 Å². The maximum Gasteiger partial charge on any atom is 0.238 e. The average Bonchev–Trinajstić information content (AvgIpc) is 3.02. The number of aromatic nitrogens is 2. The molecule has 5 nitrogen and oxygen atoms in total. The molecule has 0 spiro atoms. The lowest BCUT2D eigenvalue weighted by atomic mass is 10.1. The second-order valence-corrected chi connectivity index (χ2v) is 7.69. The van der Waals surface area contributed by atoms with Gasteiger partial charge in [-0.1, -0.05) is 34.9 Å². The third-order valence-electron chi connectivity index (χ3n) is 2.69. The summed E-state index contributed by atoms with van der Waals surface area (Å²) in [5.41, 5.74) is 4.82. The molecule has 1 unspecified atom stereocenters. The summed E-state index contributed by atoms with van der Waals surface area (Å²) in [6.07, 6.45) is 4.23. The van der Waals surface area contributed by atoms with Crippen LogP contribution >= 0.6 is 34.9 Å². The van der Waals surface area contributed by atoms with Crippen molar-refractivity contribution in [2.45, 2.75) is 40.0 Å². The highest BCUT2D eigenvalue weighted by molar-refractivity contribution is 8.03. The highest BCUT2D eigenvalue weighted by atomic mass is 32.2. The summed E-state index contributed by atoms with van der Waals surface area (Å²) in [6.45, 7) is 1.86. The molecule has 1 aromatic rings. The van der Waals surface area contributed by atoms with Crippen LogP contribution in [0.15, 0.2) is 8.68 Å². The SMILES string of the molecule is CSc1nnc(SCC(C)(NC2CC2)C(N)=O)s1. The highest BCUT2D eigenvalue weighted by Gasteiger charge is 2.37. The van der Waals surface area contributed by atoms with Crippen LogP contribution in [-0.4, -0.2) is 39.7 Å². The Morgan fingerprint density at radius 2 is 2.22 bits per heavy atom. The van der Waals surface area contributed by atoms with Crippen molar-refractivity contribution in [3.05, 3.63) is 0 Å². The number of nitrogens with two attached hydrogens (primary N) is 1. The summed E-state index contributed by atoms with van der Waals surface area (Å²) in [5, 5.41) is 11.4. The Morgan fingerprint density at radius 1 is 1.56 bits per heavy atom. The predicted octanol–water partition coefficient (Wildman–Crippen LogP) is 1.35. The summed E-state index contributed by atoms with van der Waals surface area (Å²) < 4.78 is 1.82. The first kappa shape index (κ1) is 14.1. The Kier molecular flexibility index (Phi) is 4.52. The Hall–Kier alpha value is -0.310. The number of rotatable bonds is 7. The van der Waals surface area contributed by atoms with Crippen molar-refractivity contribution in [1.82, 2.24) is 15.5 Å². The van der Waals surface area contributed by atoms with Crippen molar-refractivity contribution in [3.63, 3.8) is 0 Å². The van der Waals surface area contributed by atoms with Crippen LogP contribution in [-0.2, 0) is 4.79 Å². The summed E-state index contributed by atoms with van der Waals surface area (Å²) in [7, 11) is 0. The molecule has 3 N–H and O–H groups in total. The van der Waals surface area contributed by atoms with Gasteiger partial charge in [0.2, 0.25) is 5.91 Å². The van der Waals surface area contributed by atoms with E-state index in [1.165, 1.54) is 11.8 Å². The number of hydrogen-bond donors (Lipinski definition) is 2. The van der Waals surface area contributed by atoms with Crippen molar-refractivity contribution in [2.24, 2.45) is 5.73 Å². The van der Waals surface area contributed by atoms with Crippen molar-refractivity contribution < 1.29 is 4.79 Å². The minimum Gasteiger partial charge on any atom is -0.368 e. The summed E-state index contributed by atoms with van der Waals surface area (Å²) in [4.78, 5) is 11.6. The first-order chi connectivity index (χ1) is 8.53. The Balaban J connectivity index is 1.94. The second-order valence-electron chi connectivity index (χ2n) is 4.44. The van der Waals surface area contributed by atoms with Gasteiger partial charge in [0.25, 0.3) is 0 Å². The van der Waals surface area contributed by atoms with Crippen LogP contribution in [0.3, 0.4) is 0 Å². The van der Waals surface area contributed by atoms with Crippen molar-refractivity contribution in [1.29, 1.82) is 0 Å². The summed E-state index contributed by atoms with van der Waals surface area (Å²) in [5.74, 6) is 0.276. The molecule has 1 aromatic heterocycles. The topological polar surface area (TPSA) is 80.9 Å². The number of hydrogen-bond acceptors (Lipinski definition) is 7. The standard InChI is InChI=1S/C10H16N4OS3/c1-10(7(11)15,12-6-3-4-6)5-17-9-14-13-8(16-2)18-9/h6,12H,3-5H2,1-2H3,(H2,11,15). The second kappa shape index (κ2) is 5.77. The summed E-state index contributed by atoms with van der Waals surface area (Å²) >= 11 is 4.65. The van der Waals surface area contributed by atoms with Crippen LogP contribution in [0.1, 0.15) is 19.8 Å². The van der Waals surface area contributed by atoms with Crippen molar-refractivity contribution >= 4 is 40.8 Å². The zero-order valence-corrected chi connectivity index (χ0v) is 12.8. The lowest BCUT2D eigenvalue weighted by molar-refractivity contribution is -0.123. The molecule has 0 aromatic carbocycles. The number of primary amides is 1.